The van der Waals surface area contributed by atoms with Crippen molar-refractivity contribution in [2.75, 3.05) is 11.9 Å². The third-order valence-electron chi connectivity index (χ3n) is 3.19. The quantitative estimate of drug-likeness (QED) is 0.463. The molecule has 0 atom stereocenters. The van der Waals surface area contributed by atoms with Gasteiger partial charge in [-0.25, -0.2) is 0 Å². The number of amides is 1. The van der Waals surface area contributed by atoms with Crippen LogP contribution in [-0.4, -0.2) is 17.6 Å². The van der Waals surface area contributed by atoms with Crippen molar-refractivity contribution in [3.8, 4) is 5.75 Å². The molecule has 0 bridgehead atoms. The molecule has 1 amide bonds. The van der Waals surface area contributed by atoms with Gasteiger partial charge in [0.1, 0.15) is 5.75 Å². The van der Waals surface area contributed by atoms with E-state index in [1.165, 1.54) is 12.1 Å². The highest BCUT2D eigenvalue weighted by molar-refractivity contribution is 7.80. The Morgan fingerprint density at radius 1 is 1.12 bits per heavy atom. The largest absolute Gasteiger partial charge is 0.492 e. The molecule has 0 saturated carbocycles. The molecule has 2 aromatic carbocycles. The van der Waals surface area contributed by atoms with Gasteiger partial charge in [0.15, 0.2) is 5.11 Å². The first-order chi connectivity index (χ1) is 12.3. The molecule has 0 heterocycles. The zero-order valence-corrected chi connectivity index (χ0v) is 17.2. The molecular weight excluding hydrogens is 415 g/mol. The lowest BCUT2D eigenvalue weighted by Gasteiger charge is -2.14. The van der Waals surface area contributed by atoms with Crippen LogP contribution in [0, 0.1) is 5.92 Å². The first kappa shape index (κ1) is 20.8. The Morgan fingerprint density at radius 2 is 1.77 bits per heavy atom. The summed E-state index contributed by atoms with van der Waals surface area (Å²) >= 11 is 23.1. The molecule has 0 aromatic heterocycles. The van der Waals surface area contributed by atoms with Crippen molar-refractivity contribution in [1.82, 2.24) is 5.32 Å². The first-order valence-electron chi connectivity index (χ1n) is 7.76. The summed E-state index contributed by atoms with van der Waals surface area (Å²) in [6.07, 6.45) is 0. The second-order valence-electron chi connectivity index (χ2n) is 5.86. The zero-order chi connectivity index (χ0) is 19.3. The van der Waals surface area contributed by atoms with Crippen LogP contribution in [0.1, 0.15) is 24.2 Å². The third-order valence-corrected chi connectivity index (χ3v) is 4.43. The topological polar surface area (TPSA) is 50.4 Å². The zero-order valence-electron chi connectivity index (χ0n) is 14.1. The predicted molar refractivity (Wildman–Crippen MR) is 112 cm³/mol. The van der Waals surface area contributed by atoms with Gasteiger partial charge in [0.25, 0.3) is 5.91 Å². The minimum absolute atomic E-state index is 0.0777. The molecule has 26 heavy (non-hydrogen) atoms. The number of para-hydroxylation sites is 1. The van der Waals surface area contributed by atoms with Crippen LogP contribution in [0.3, 0.4) is 0 Å². The van der Waals surface area contributed by atoms with Gasteiger partial charge in [-0.05, 0) is 42.4 Å². The Bertz CT molecular complexity index is 828. The summed E-state index contributed by atoms with van der Waals surface area (Å²) in [6, 6.07) is 9.99. The summed E-state index contributed by atoms with van der Waals surface area (Å²) in [5, 5.41) is 6.49. The van der Waals surface area contributed by atoms with Crippen LogP contribution in [0.4, 0.5) is 5.69 Å². The Balaban J connectivity index is 2.08. The second kappa shape index (κ2) is 9.42. The number of hydrogen-bond donors (Lipinski definition) is 2. The lowest BCUT2D eigenvalue weighted by molar-refractivity contribution is 0.0973. The van der Waals surface area contributed by atoms with Crippen molar-refractivity contribution in [1.29, 1.82) is 0 Å². The van der Waals surface area contributed by atoms with E-state index in [-0.39, 0.29) is 5.11 Å². The maximum absolute atomic E-state index is 12.5. The molecule has 0 radical (unpaired) electrons. The summed E-state index contributed by atoms with van der Waals surface area (Å²) < 4.78 is 5.69. The number of halogens is 3. The van der Waals surface area contributed by atoms with E-state index in [2.05, 4.69) is 10.6 Å². The number of benzene rings is 2. The van der Waals surface area contributed by atoms with Gasteiger partial charge in [-0.2, -0.15) is 0 Å². The summed E-state index contributed by atoms with van der Waals surface area (Å²) in [5.74, 6) is 0.442. The number of rotatable bonds is 5. The van der Waals surface area contributed by atoms with Crippen LogP contribution in [0.5, 0.6) is 5.75 Å². The van der Waals surface area contributed by atoms with Crippen molar-refractivity contribution in [2.45, 2.75) is 13.8 Å². The first-order valence-corrected chi connectivity index (χ1v) is 9.31. The van der Waals surface area contributed by atoms with Crippen molar-refractivity contribution in [2.24, 2.45) is 5.92 Å². The maximum atomic E-state index is 12.5. The number of nitrogens with one attached hydrogen (secondary N) is 2. The lowest BCUT2D eigenvalue weighted by atomic mass is 10.2. The number of thiocarbonyl (C=S) groups is 1. The fourth-order valence-electron chi connectivity index (χ4n) is 1.98. The smallest absolute Gasteiger partial charge is 0.261 e. The minimum Gasteiger partial charge on any atom is -0.492 e. The summed E-state index contributed by atoms with van der Waals surface area (Å²) in [5.41, 5.74) is 0.827. The number of anilines is 1. The molecule has 0 unspecified atom stereocenters. The highest BCUT2D eigenvalue weighted by Gasteiger charge is 2.15. The molecule has 0 aliphatic heterocycles. The molecule has 0 spiro atoms. The second-order valence-corrected chi connectivity index (χ2v) is 7.49. The van der Waals surface area contributed by atoms with Gasteiger partial charge in [-0.15, -0.1) is 0 Å². The predicted octanol–water partition coefficient (Wildman–Crippen LogP) is 5.81. The van der Waals surface area contributed by atoms with Crippen LogP contribution in [0.2, 0.25) is 15.1 Å². The fraction of sp³-hybridized carbons (Fsp3) is 0.222. The third kappa shape index (κ3) is 5.74. The number of carbonyl (C=O) groups is 1. The van der Waals surface area contributed by atoms with Crippen molar-refractivity contribution in [3.63, 3.8) is 0 Å². The van der Waals surface area contributed by atoms with E-state index >= 15 is 0 Å². The Morgan fingerprint density at radius 3 is 2.46 bits per heavy atom. The maximum Gasteiger partial charge on any atom is 0.261 e. The van der Waals surface area contributed by atoms with E-state index in [4.69, 9.17) is 51.8 Å². The van der Waals surface area contributed by atoms with E-state index < -0.39 is 5.91 Å². The molecule has 2 aromatic rings. The molecule has 0 aliphatic rings. The average Bonchev–Trinajstić information content (AvgIpc) is 2.58. The van der Waals surface area contributed by atoms with Gasteiger partial charge in [0.05, 0.1) is 32.9 Å². The molecule has 8 heteroatoms. The highest BCUT2D eigenvalue weighted by Crippen LogP contribution is 2.32. The summed E-state index contributed by atoms with van der Waals surface area (Å²) in [7, 11) is 0. The highest BCUT2D eigenvalue weighted by atomic mass is 35.5. The van der Waals surface area contributed by atoms with Crippen LogP contribution < -0.4 is 15.4 Å². The Hall–Kier alpha value is -1.53. The van der Waals surface area contributed by atoms with E-state index in [9.17, 15) is 4.79 Å². The van der Waals surface area contributed by atoms with Crippen LogP contribution in [-0.2, 0) is 0 Å². The molecule has 0 fully saturated rings. The van der Waals surface area contributed by atoms with E-state index in [0.29, 0.717) is 44.6 Å². The van der Waals surface area contributed by atoms with Crippen LogP contribution >= 0.6 is 47.0 Å². The van der Waals surface area contributed by atoms with Crippen LogP contribution in [0.25, 0.3) is 0 Å². The van der Waals surface area contributed by atoms with Crippen molar-refractivity contribution >= 4 is 63.7 Å². The van der Waals surface area contributed by atoms with Gasteiger partial charge in [-0.3, -0.25) is 10.1 Å². The Kier molecular flexibility index (Phi) is 7.53. The lowest BCUT2D eigenvalue weighted by Crippen LogP contribution is -2.34. The molecule has 2 N–H and O–H groups in total. The number of carbonyl (C=O) groups excluding carboxylic acids is 1. The summed E-state index contributed by atoms with van der Waals surface area (Å²) in [6.45, 7) is 4.57. The van der Waals surface area contributed by atoms with E-state index in [1.807, 2.05) is 13.8 Å². The molecule has 2 rings (SSSR count). The van der Waals surface area contributed by atoms with E-state index in [0.717, 1.165) is 0 Å². The Labute approximate surface area is 172 Å². The SMILES string of the molecule is CC(C)COc1ccccc1C(=O)NC(=S)Nc1cc(Cl)c(Cl)cc1Cl. The molecule has 138 valence electrons. The standard InChI is InChI=1S/C18H17Cl3N2O2S/c1-10(2)9-25-16-6-4-3-5-11(16)17(24)23-18(26)22-15-8-13(20)12(19)7-14(15)21/h3-8,10H,9H2,1-2H3,(H2,22,23,24,26). The number of ether oxygens (including phenoxy) is 1. The fourth-order valence-corrected chi connectivity index (χ4v) is 2.78. The van der Waals surface area contributed by atoms with Crippen molar-refractivity contribution in [3.05, 3.63) is 57.0 Å². The van der Waals surface area contributed by atoms with Gasteiger partial charge < -0.3 is 10.1 Å². The number of hydrogen-bond acceptors (Lipinski definition) is 3. The molecule has 4 nitrogen and oxygen atoms in total. The van der Waals surface area contributed by atoms with Gasteiger partial charge in [0.2, 0.25) is 0 Å². The summed E-state index contributed by atoms with van der Waals surface area (Å²) in [4.78, 5) is 12.5. The van der Waals surface area contributed by atoms with E-state index in [1.54, 1.807) is 24.3 Å². The molecule has 0 saturated heterocycles. The van der Waals surface area contributed by atoms with Gasteiger partial charge in [0, 0.05) is 0 Å². The van der Waals surface area contributed by atoms with Gasteiger partial charge in [-0.1, -0.05) is 60.8 Å². The normalized spacial score (nSPS) is 10.5. The molecular formula is C18H17Cl3N2O2S. The van der Waals surface area contributed by atoms with Crippen molar-refractivity contribution < 1.29 is 9.53 Å². The van der Waals surface area contributed by atoms with Gasteiger partial charge >= 0.3 is 0 Å². The average molecular weight is 432 g/mol. The molecule has 0 aliphatic carbocycles. The minimum atomic E-state index is -0.391. The monoisotopic (exact) mass is 430 g/mol. The van der Waals surface area contributed by atoms with Crippen LogP contribution in [0.15, 0.2) is 36.4 Å².